The van der Waals surface area contributed by atoms with Crippen molar-refractivity contribution < 1.29 is 0 Å². The van der Waals surface area contributed by atoms with Gasteiger partial charge in [-0.25, -0.2) is 4.99 Å². The summed E-state index contributed by atoms with van der Waals surface area (Å²) in [7, 11) is 3.83. The highest BCUT2D eigenvalue weighted by Crippen LogP contribution is 2.35. The van der Waals surface area contributed by atoms with E-state index in [1.165, 1.54) is 33.2 Å². The van der Waals surface area contributed by atoms with Gasteiger partial charge in [0.15, 0.2) is 0 Å². The molecule has 2 aliphatic rings. The third kappa shape index (κ3) is 5.22. The number of amidine groups is 1. The summed E-state index contributed by atoms with van der Waals surface area (Å²) in [6, 6.07) is 17.9. The zero-order chi connectivity index (χ0) is 26.8. The van der Waals surface area contributed by atoms with Gasteiger partial charge in [0.1, 0.15) is 5.84 Å². The lowest BCUT2D eigenvalue weighted by Gasteiger charge is -2.29. The molecule has 0 bridgehead atoms. The van der Waals surface area contributed by atoms with Gasteiger partial charge in [-0.2, -0.15) is 0 Å². The first-order valence-corrected chi connectivity index (χ1v) is 13.3. The predicted octanol–water partition coefficient (Wildman–Crippen LogP) is 6.36. The number of likely N-dealkylation sites (N-methyl/N-ethyl adjacent to an activating group) is 1. The molecule has 1 atom stereocenters. The maximum atomic E-state index is 4.67. The third-order valence-electron chi connectivity index (χ3n) is 7.76. The number of hydrogen-bond donors (Lipinski definition) is 3. The molecule has 5 rings (SSSR count). The molecule has 196 valence electrons. The molecule has 0 fully saturated rings. The minimum absolute atomic E-state index is 0.279. The number of rotatable bonds is 9. The molecule has 0 amide bonds. The quantitative estimate of drug-likeness (QED) is 0.295. The maximum absolute atomic E-state index is 4.67. The molecule has 3 aromatic rings. The molecule has 1 unspecified atom stereocenters. The van der Waals surface area contributed by atoms with E-state index in [9.17, 15) is 0 Å². The van der Waals surface area contributed by atoms with Gasteiger partial charge in [-0.15, -0.1) is 0 Å². The number of nitrogens with one attached hydrogen (secondary N) is 3. The number of fused-ring (bicyclic) bond motifs is 4. The van der Waals surface area contributed by atoms with Crippen LogP contribution in [-0.4, -0.2) is 36.6 Å². The van der Waals surface area contributed by atoms with Crippen molar-refractivity contribution in [2.75, 3.05) is 19.4 Å². The van der Waals surface area contributed by atoms with Crippen LogP contribution < -0.4 is 16.0 Å². The second kappa shape index (κ2) is 10.8. The van der Waals surface area contributed by atoms with E-state index in [2.05, 4.69) is 99.4 Å². The molecular weight excluding hydrogens is 468 g/mol. The van der Waals surface area contributed by atoms with E-state index in [4.69, 9.17) is 0 Å². The Morgan fingerprint density at radius 1 is 1.13 bits per heavy atom. The van der Waals surface area contributed by atoms with Crippen molar-refractivity contribution in [3.8, 4) is 0 Å². The summed E-state index contributed by atoms with van der Waals surface area (Å²) in [5.74, 6) is 0.876. The van der Waals surface area contributed by atoms with Crippen molar-refractivity contribution in [2.45, 2.75) is 52.4 Å². The van der Waals surface area contributed by atoms with Gasteiger partial charge in [-0.05, 0) is 78.4 Å². The minimum atomic E-state index is 0.279. The molecule has 0 saturated heterocycles. The fourth-order valence-corrected chi connectivity index (χ4v) is 5.52. The normalized spacial score (nSPS) is 15.9. The Hall–Kier alpha value is -3.90. The second-order valence-electron chi connectivity index (χ2n) is 10.3. The van der Waals surface area contributed by atoms with Gasteiger partial charge in [-0.3, -0.25) is 9.89 Å². The zero-order valence-electron chi connectivity index (χ0n) is 23.0. The molecule has 6 heteroatoms. The molecular formula is C32H38N6. The predicted molar refractivity (Wildman–Crippen MR) is 162 cm³/mol. The Morgan fingerprint density at radius 2 is 1.92 bits per heavy atom. The monoisotopic (exact) mass is 506 g/mol. The summed E-state index contributed by atoms with van der Waals surface area (Å²) in [4.78, 5) is 11.5. The summed E-state index contributed by atoms with van der Waals surface area (Å²) in [6.45, 7) is 15.2. The average Bonchev–Trinajstić information content (AvgIpc) is 3.34. The molecule has 3 N–H and O–H groups in total. The van der Waals surface area contributed by atoms with E-state index in [1.54, 1.807) is 0 Å². The van der Waals surface area contributed by atoms with Crippen LogP contribution in [-0.2, 0) is 19.6 Å². The second-order valence-corrected chi connectivity index (χ2v) is 10.3. The van der Waals surface area contributed by atoms with E-state index in [0.29, 0.717) is 0 Å². The highest BCUT2D eigenvalue weighted by atomic mass is 15.2. The molecule has 2 aliphatic heterocycles. The highest BCUT2D eigenvalue weighted by Gasteiger charge is 2.27. The Morgan fingerprint density at radius 3 is 2.71 bits per heavy atom. The first-order chi connectivity index (χ1) is 18.4. The molecule has 0 spiro atoms. The number of nitrogens with zero attached hydrogens (tertiary/aromatic N) is 3. The van der Waals surface area contributed by atoms with E-state index in [1.807, 2.05) is 21.0 Å². The number of aliphatic imine (C=N–C) groups is 2. The van der Waals surface area contributed by atoms with E-state index in [0.717, 1.165) is 66.6 Å². The van der Waals surface area contributed by atoms with Crippen molar-refractivity contribution in [2.24, 2.45) is 9.98 Å². The standard InChI is InChI=1S/C32H38N6/c1-20(33-5)7-14-31(21(2)34-6)38-18-26-10-12-28(16-27(26)19-38)35-17-24-8-9-25-11-13-30-32(29(25)15-24)22(3)36-23(4)37-30/h8-13,15-16,31,34-35H,2-3,7,14,17-19H2,1,4-6H3,(H,36,37). The Kier molecular flexibility index (Phi) is 7.34. The molecule has 38 heavy (non-hydrogen) atoms. The lowest BCUT2D eigenvalue weighted by Crippen LogP contribution is -2.36. The number of anilines is 1. The fourth-order valence-electron chi connectivity index (χ4n) is 5.52. The largest absolute Gasteiger partial charge is 0.391 e. The topological polar surface area (TPSA) is 64.0 Å². The Bertz CT molecular complexity index is 1460. The number of benzene rings is 3. The van der Waals surface area contributed by atoms with Gasteiger partial charge in [-0.1, -0.05) is 37.4 Å². The minimum Gasteiger partial charge on any atom is -0.391 e. The van der Waals surface area contributed by atoms with Crippen molar-refractivity contribution in [1.29, 1.82) is 0 Å². The molecule has 6 nitrogen and oxygen atoms in total. The van der Waals surface area contributed by atoms with Gasteiger partial charge in [0, 0.05) is 68.1 Å². The van der Waals surface area contributed by atoms with E-state index >= 15 is 0 Å². The van der Waals surface area contributed by atoms with Crippen molar-refractivity contribution in [3.05, 3.63) is 89.6 Å². The summed E-state index contributed by atoms with van der Waals surface area (Å²) < 4.78 is 0. The first kappa shape index (κ1) is 25.7. The molecule has 0 aromatic heterocycles. The maximum Gasteiger partial charge on any atom is 0.103 e. The summed E-state index contributed by atoms with van der Waals surface area (Å²) >= 11 is 0. The van der Waals surface area contributed by atoms with Gasteiger partial charge < -0.3 is 16.0 Å². The summed E-state index contributed by atoms with van der Waals surface area (Å²) in [5, 5.41) is 12.6. The van der Waals surface area contributed by atoms with Crippen LogP contribution in [0.2, 0.25) is 0 Å². The highest BCUT2D eigenvalue weighted by molar-refractivity contribution is 6.05. The Labute approximate surface area is 226 Å². The molecule has 3 aromatic carbocycles. The number of hydrogen-bond acceptors (Lipinski definition) is 6. The van der Waals surface area contributed by atoms with Crippen molar-refractivity contribution >= 4 is 39.4 Å². The van der Waals surface area contributed by atoms with Crippen molar-refractivity contribution in [3.63, 3.8) is 0 Å². The van der Waals surface area contributed by atoms with Crippen LogP contribution in [0.5, 0.6) is 0 Å². The van der Waals surface area contributed by atoms with Gasteiger partial charge in [0.2, 0.25) is 0 Å². The lowest BCUT2D eigenvalue weighted by atomic mass is 9.97. The third-order valence-corrected chi connectivity index (χ3v) is 7.76. The molecule has 2 heterocycles. The van der Waals surface area contributed by atoms with Crippen LogP contribution in [0.4, 0.5) is 11.4 Å². The van der Waals surface area contributed by atoms with E-state index in [-0.39, 0.29) is 6.04 Å². The first-order valence-electron chi connectivity index (χ1n) is 13.3. The zero-order valence-corrected chi connectivity index (χ0v) is 23.0. The van der Waals surface area contributed by atoms with Crippen LogP contribution in [0.25, 0.3) is 16.5 Å². The SMILES string of the molecule is C=C1NC(C)=Nc2ccc3ccc(CNc4ccc5c(c4)CN(C(CCC(C)=NC)C(=C)NC)C5)cc3c21. The van der Waals surface area contributed by atoms with Crippen molar-refractivity contribution in [1.82, 2.24) is 15.5 Å². The van der Waals surface area contributed by atoms with Crippen LogP contribution in [0, 0.1) is 0 Å². The van der Waals surface area contributed by atoms with Gasteiger partial charge in [0.25, 0.3) is 0 Å². The summed E-state index contributed by atoms with van der Waals surface area (Å²) in [5.41, 5.74) is 10.4. The lowest BCUT2D eigenvalue weighted by molar-refractivity contribution is 0.212. The van der Waals surface area contributed by atoms with Gasteiger partial charge in [0.05, 0.1) is 5.69 Å². The Balaban J connectivity index is 1.30. The van der Waals surface area contributed by atoms with E-state index < -0.39 is 0 Å². The van der Waals surface area contributed by atoms with Gasteiger partial charge >= 0.3 is 0 Å². The fraction of sp³-hybridized carbons (Fsp3) is 0.312. The van der Waals surface area contributed by atoms with Crippen LogP contribution in [0.1, 0.15) is 48.9 Å². The molecule has 0 saturated carbocycles. The molecule has 0 aliphatic carbocycles. The van der Waals surface area contributed by atoms with Crippen LogP contribution >= 0.6 is 0 Å². The molecule has 0 radical (unpaired) electrons. The van der Waals surface area contributed by atoms with Crippen LogP contribution in [0.3, 0.4) is 0 Å². The smallest absolute Gasteiger partial charge is 0.103 e. The average molecular weight is 507 g/mol. The summed E-state index contributed by atoms with van der Waals surface area (Å²) in [6.07, 6.45) is 1.99. The van der Waals surface area contributed by atoms with Crippen LogP contribution in [0.15, 0.2) is 77.4 Å².